The number of pyridine rings is 1. The predicted molar refractivity (Wildman–Crippen MR) is 78.2 cm³/mol. The molecular formula is C15H18N4O2. The van der Waals surface area contributed by atoms with Gasteiger partial charge in [0, 0.05) is 32.3 Å². The highest BCUT2D eigenvalue weighted by Gasteiger charge is 2.27. The number of likely N-dealkylation sites (tertiary alicyclic amines) is 1. The second-order valence-electron chi connectivity index (χ2n) is 5.18. The third-order valence-corrected chi connectivity index (χ3v) is 3.86. The van der Waals surface area contributed by atoms with Crippen LogP contribution in [0.2, 0.25) is 0 Å². The van der Waals surface area contributed by atoms with E-state index in [1.54, 1.807) is 6.20 Å². The summed E-state index contributed by atoms with van der Waals surface area (Å²) in [5.41, 5.74) is 1.21. The lowest BCUT2D eigenvalue weighted by atomic mass is 9.91. The Morgan fingerprint density at radius 2 is 2.43 bits per heavy atom. The maximum atomic E-state index is 12.3. The molecule has 1 aliphatic rings. The molecule has 110 valence electrons. The summed E-state index contributed by atoms with van der Waals surface area (Å²) in [6.45, 7) is 1.46. The molecule has 0 bridgehead atoms. The van der Waals surface area contributed by atoms with Crippen LogP contribution in [0.5, 0.6) is 0 Å². The molecule has 0 aromatic carbocycles. The smallest absolute Gasteiger partial charge is 0.291 e. The number of aromatic nitrogens is 2. The number of amides is 1. The van der Waals surface area contributed by atoms with Gasteiger partial charge in [0.1, 0.15) is 5.82 Å². The zero-order chi connectivity index (χ0) is 14.7. The monoisotopic (exact) mass is 286 g/mol. The van der Waals surface area contributed by atoms with E-state index in [1.165, 1.54) is 18.2 Å². The average Bonchev–Trinajstić information content (AvgIpc) is 3.09. The van der Waals surface area contributed by atoms with Crippen molar-refractivity contribution in [3.63, 3.8) is 0 Å². The first-order valence-corrected chi connectivity index (χ1v) is 7.09. The molecule has 1 aliphatic heterocycles. The lowest BCUT2D eigenvalue weighted by Crippen LogP contribution is -2.39. The van der Waals surface area contributed by atoms with Crippen LogP contribution in [-0.2, 0) is 0 Å². The van der Waals surface area contributed by atoms with E-state index in [-0.39, 0.29) is 5.91 Å². The number of piperidine rings is 1. The number of hydrogen-bond donors (Lipinski definition) is 1. The van der Waals surface area contributed by atoms with E-state index in [2.05, 4.69) is 15.3 Å². The van der Waals surface area contributed by atoms with Gasteiger partial charge in [0.2, 0.25) is 5.76 Å². The molecule has 1 saturated heterocycles. The van der Waals surface area contributed by atoms with Crippen molar-refractivity contribution in [1.29, 1.82) is 0 Å². The van der Waals surface area contributed by atoms with E-state index >= 15 is 0 Å². The van der Waals surface area contributed by atoms with Gasteiger partial charge in [-0.05, 0) is 30.5 Å². The van der Waals surface area contributed by atoms with Gasteiger partial charge in [-0.1, -0.05) is 0 Å². The molecule has 0 radical (unpaired) electrons. The van der Waals surface area contributed by atoms with Crippen molar-refractivity contribution >= 4 is 11.7 Å². The molecule has 1 fully saturated rings. The van der Waals surface area contributed by atoms with Gasteiger partial charge in [0.05, 0.1) is 6.20 Å². The molecule has 2 aromatic heterocycles. The van der Waals surface area contributed by atoms with Crippen LogP contribution >= 0.6 is 0 Å². The Hall–Kier alpha value is -2.37. The summed E-state index contributed by atoms with van der Waals surface area (Å²) < 4.78 is 5.10. The van der Waals surface area contributed by atoms with Gasteiger partial charge in [0.25, 0.3) is 5.91 Å². The number of carbonyl (C=O) groups excluding carboxylic acids is 1. The normalized spacial score (nSPS) is 18.5. The van der Waals surface area contributed by atoms with Crippen LogP contribution in [-0.4, -0.2) is 40.9 Å². The Balaban J connectivity index is 1.75. The molecule has 3 heterocycles. The van der Waals surface area contributed by atoms with Crippen molar-refractivity contribution < 1.29 is 9.21 Å². The molecule has 6 heteroatoms. The molecule has 2 aromatic rings. The molecule has 1 atom stereocenters. The second kappa shape index (κ2) is 5.95. The Morgan fingerprint density at radius 1 is 1.52 bits per heavy atom. The number of rotatable bonds is 3. The number of carbonyl (C=O) groups is 1. The fourth-order valence-corrected chi connectivity index (χ4v) is 2.75. The lowest BCUT2D eigenvalue weighted by molar-refractivity contribution is 0.0675. The summed E-state index contributed by atoms with van der Waals surface area (Å²) in [5.74, 6) is 1.41. The highest BCUT2D eigenvalue weighted by Crippen LogP contribution is 2.28. The Kier molecular flexibility index (Phi) is 3.85. The number of nitrogens with zero attached hydrogens (tertiary/aromatic N) is 3. The zero-order valence-electron chi connectivity index (χ0n) is 12.0. The Morgan fingerprint density at radius 3 is 3.19 bits per heavy atom. The molecule has 0 saturated carbocycles. The minimum Gasteiger partial charge on any atom is -0.438 e. The van der Waals surface area contributed by atoms with E-state index in [9.17, 15) is 4.79 Å². The fourth-order valence-electron chi connectivity index (χ4n) is 2.75. The molecule has 0 spiro atoms. The summed E-state index contributed by atoms with van der Waals surface area (Å²) in [5, 5.41) is 3.05. The molecule has 1 amide bonds. The van der Waals surface area contributed by atoms with Gasteiger partial charge >= 0.3 is 0 Å². The third kappa shape index (κ3) is 2.89. The second-order valence-corrected chi connectivity index (χ2v) is 5.18. The van der Waals surface area contributed by atoms with Crippen molar-refractivity contribution in [3.8, 4) is 0 Å². The van der Waals surface area contributed by atoms with Gasteiger partial charge in [-0.25, -0.2) is 9.97 Å². The summed E-state index contributed by atoms with van der Waals surface area (Å²) >= 11 is 0. The first-order chi connectivity index (χ1) is 10.3. The van der Waals surface area contributed by atoms with E-state index in [4.69, 9.17) is 4.42 Å². The quantitative estimate of drug-likeness (QED) is 0.936. The van der Waals surface area contributed by atoms with Gasteiger partial charge in [-0.3, -0.25) is 4.79 Å². The van der Waals surface area contributed by atoms with Crippen LogP contribution in [0.3, 0.4) is 0 Å². The van der Waals surface area contributed by atoms with Crippen LogP contribution < -0.4 is 5.32 Å². The molecular weight excluding hydrogens is 268 g/mol. The molecule has 3 rings (SSSR count). The number of oxazole rings is 1. The molecule has 6 nitrogen and oxygen atoms in total. The van der Waals surface area contributed by atoms with E-state index in [0.29, 0.717) is 18.2 Å². The number of anilines is 1. The van der Waals surface area contributed by atoms with E-state index in [0.717, 1.165) is 25.2 Å². The maximum absolute atomic E-state index is 12.3. The topological polar surface area (TPSA) is 71.3 Å². The molecule has 1 N–H and O–H groups in total. The van der Waals surface area contributed by atoms with E-state index < -0.39 is 0 Å². The van der Waals surface area contributed by atoms with Crippen molar-refractivity contribution in [2.75, 3.05) is 25.5 Å². The zero-order valence-corrected chi connectivity index (χ0v) is 12.0. The first kappa shape index (κ1) is 13.6. The van der Waals surface area contributed by atoms with Crippen molar-refractivity contribution in [2.45, 2.75) is 18.8 Å². The predicted octanol–water partition coefficient (Wildman–Crippen LogP) is 2.13. The van der Waals surface area contributed by atoms with Crippen LogP contribution in [0.25, 0.3) is 0 Å². The Bertz CT molecular complexity index is 612. The standard InChI is InChI=1S/C15H18N4O2/c1-16-14-7-11(4-5-18-14)12-3-2-6-19(9-12)15(20)13-8-17-10-21-13/h4-5,7-8,10,12H,2-3,6,9H2,1H3,(H,16,18)/t12-/m1/s1. The molecule has 0 unspecified atom stereocenters. The van der Waals surface area contributed by atoms with Crippen LogP contribution in [0.4, 0.5) is 5.82 Å². The van der Waals surface area contributed by atoms with Crippen molar-refractivity contribution in [1.82, 2.24) is 14.9 Å². The van der Waals surface area contributed by atoms with Gasteiger partial charge in [0.15, 0.2) is 6.39 Å². The van der Waals surface area contributed by atoms with Crippen molar-refractivity contribution in [2.24, 2.45) is 0 Å². The maximum Gasteiger partial charge on any atom is 0.291 e. The minimum atomic E-state index is -0.0832. The lowest BCUT2D eigenvalue weighted by Gasteiger charge is -2.32. The summed E-state index contributed by atoms with van der Waals surface area (Å²) in [4.78, 5) is 22.2. The highest BCUT2D eigenvalue weighted by molar-refractivity contribution is 5.91. The van der Waals surface area contributed by atoms with Crippen LogP contribution in [0.15, 0.2) is 35.3 Å². The highest BCUT2D eigenvalue weighted by atomic mass is 16.3. The van der Waals surface area contributed by atoms with E-state index in [1.807, 2.05) is 24.1 Å². The SMILES string of the molecule is CNc1cc([C@@H]2CCCN(C(=O)c3cnco3)C2)ccn1. The summed E-state index contributed by atoms with van der Waals surface area (Å²) in [7, 11) is 1.85. The third-order valence-electron chi connectivity index (χ3n) is 3.86. The average molecular weight is 286 g/mol. The fraction of sp³-hybridized carbons (Fsp3) is 0.400. The Labute approximate surface area is 123 Å². The molecule has 21 heavy (non-hydrogen) atoms. The first-order valence-electron chi connectivity index (χ1n) is 7.09. The van der Waals surface area contributed by atoms with Crippen LogP contribution in [0, 0.1) is 0 Å². The summed E-state index contributed by atoms with van der Waals surface area (Å²) in [6.07, 6.45) is 6.63. The van der Waals surface area contributed by atoms with Crippen molar-refractivity contribution in [3.05, 3.63) is 42.2 Å². The number of hydrogen-bond acceptors (Lipinski definition) is 5. The van der Waals surface area contributed by atoms with Crippen LogP contribution in [0.1, 0.15) is 34.9 Å². The summed E-state index contributed by atoms with van der Waals surface area (Å²) in [6, 6.07) is 4.07. The minimum absolute atomic E-state index is 0.0832. The molecule has 0 aliphatic carbocycles. The largest absolute Gasteiger partial charge is 0.438 e. The van der Waals surface area contributed by atoms with Gasteiger partial charge < -0.3 is 14.6 Å². The van der Waals surface area contributed by atoms with Gasteiger partial charge in [-0.2, -0.15) is 0 Å². The number of nitrogens with one attached hydrogen (secondary N) is 1. The van der Waals surface area contributed by atoms with Gasteiger partial charge in [-0.15, -0.1) is 0 Å².